The summed E-state index contributed by atoms with van der Waals surface area (Å²) in [6.45, 7) is 0. The van der Waals surface area contributed by atoms with Crippen LogP contribution < -0.4 is 15.0 Å². The number of ketones is 1. The van der Waals surface area contributed by atoms with E-state index in [4.69, 9.17) is 9.47 Å². The molecule has 3 aliphatic heterocycles. The molecule has 1 amide bonds. The third kappa shape index (κ3) is 4.46. The highest BCUT2D eigenvalue weighted by atomic mass is 16.5. The van der Waals surface area contributed by atoms with Crippen molar-refractivity contribution in [3.05, 3.63) is 167 Å². The molecule has 0 unspecified atom stereocenters. The molecule has 5 aromatic rings. The van der Waals surface area contributed by atoms with Gasteiger partial charge >= 0.3 is 5.97 Å². The molecule has 0 saturated carbocycles. The molecule has 3 aliphatic rings. The van der Waals surface area contributed by atoms with E-state index in [1.807, 2.05) is 126 Å². The summed E-state index contributed by atoms with van der Waals surface area (Å²) in [5.41, 5.74) is 3.47. The van der Waals surface area contributed by atoms with Crippen LogP contribution in [-0.4, -0.2) is 36.9 Å². The van der Waals surface area contributed by atoms with E-state index in [0.717, 1.165) is 22.4 Å². The number of rotatable bonds is 7. The zero-order chi connectivity index (χ0) is 32.8. The number of anilines is 2. The summed E-state index contributed by atoms with van der Waals surface area (Å²) < 4.78 is 11.9. The molecule has 0 bridgehead atoms. The van der Waals surface area contributed by atoms with E-state index in [-0.39, 0.29) is 11.7 Å². The standard InChI is InChI=1S/C41H32N2O5/c1-47-30-23-20-27(21-24-30)37(44)35-36(39(45)48-38(28-13-4-2-5-14-28)29-15-6-3-7-16-29)43-33-19-11-8-12-26(33)22-25-34(43)41(35)31-17-9-10-18-32(31)42-40(41)46/h2-25,34-36,38H,1H3,(H,42,46)/t34-,35+,36-,41-/m1/s1. The number of fused-ring (bicyclic) bond motifs is 6. The first-order valence-electron chi connectivity index (χ1n) is 16.0. The van der Waals surface area contributed by atoms with Crippen molar-refractivity contribution >= 4 is 35.1 Å². The maximum Gasteiger partial charge on any atom is 0.330 e. The van der Waals surface area contributed by atoms with Crippen LogP contribution in [0.5, 0.6) is 5.75 Å². The molecule has 7 heteroatoms. The smallest absolute Gasteiger partial charge is 0.330 e. The molecule has 1 saturated heterocycles. The average molecular weight is 633 g/mol. The molecule has 0 radical (unpaired) electrons. The third-order valence-electron chi connectivity index (χ3n) is 9.88. The second-order valence-corrected chi connectivity index (χ2v) is 12.3. The van der Waals surface area contributed by atoms with Gasteiger partial charge in [0.15, 0.2) is 11.9 Å². The number of Topliss-reactive ketones (excluding diaryl/α,β-unsaturated/α-hetero) is 1. The van der Waals surface area contributed by atoms with Crippen LogP contribution in [0.25, 0.3) is 6.08 Å². The highest BCUT2D eigenvalue weighted by molar-refractivity contribution is 6.16. The van der Waals surface area contributed by atoms with E-state index >= 15 is 9.59 Å². The fraction of sp³-hybridized carbons (Fsp3) is 0.146. The number of ether oxygens (including phenoxy) is 2. The largest absolute Gasteiger partial charge is 0.497 e. The lowest BCUT2D eigenvalue weighted by Crippen LogP contribution is -2.51. The number of amides is 1. The van der Waals surface area contributed by atoms with Crippen LogP contribution in [0, 0.1) is 5.92 Å². The molecule has 7 nitrogen and oxygen atoms in total. The van der Waals surface area contributed by atoms with Gasteiger partial charge in [-0.05, 0) is 58.7 Å². The van der Waals surface area contributed by atoms with Crippen molar-refractivity contribution in [1.29, 1.82) is 0 Å². The van der Waals surface area contributed by atoms with Crippen LogP contribution >= 0.6 is 0 Å². The topological polar surface area (TPSA) is 84.9 Å². The first-order chi connectivity index (χ1) is 23.5. The van der Waals surface area contributed by atoms with Crippen molar-refractivity contribution < 1.29 is 23.9 Å². The van der Waals surface area contributed by atoms with Gasteiger partial charge in [0.05, 0.1) is 19.1 Å². The summed E-state index contributed by atoms with van der Waals surface area (Å²) in [5, 5.41) is 3.07. The molecule has 1 fully saturated rings. The van der Waals surface area contributed by atoms with E-state index in [9.17, 15) is 4.79 Å². The second kappa shape index (κ2) is 11.7. The highest BCUT2D eigenvalue weighted by Crippen LogP contribution is 2.58. The number of methoxy groups -OCH3 is 1. The average Bonchev–Trinajstić information content (AvgIpc) is 3.63. The van der Waals surface area contributed by atoms with Crippen LogP contribution in [-0.2, 0) is 19.7 Å². The Labute approximate surface area is 278 Å². The van der Waals surface area contributed by atoms with Crippen LogP contribution in [0.1, 0.15) is 38.7 Å². The van der Waals surface area contributed by atoms with Gasteiger partial charge in [-0.1, -0.05) is 109 Å². The van der Waals surface area contributed by atoms with Crippen molar-refractivity contribution in [3.63, 3.8) is 0 Å². The zero-order valence-corrected chi connectivity index (χ0v) is 26.2. The monoisotopic (exact) mass is 632 g/mol. The number of benzene rings is 5. The number of para-hydroxylation sites is 2. The lowest BCUT2D eigenvalue weighted by Gasteiger charge is -2.37. The molecular weight excluding hydrogens is 600 g/mol. The van der Waals surface area contributed by atoms with E-state index in [0.29, 0.717) is 22.6 Å². The summed E-state index contributed by atoms with van der Waals surface area (Å²) >= 11 is 0. The SMILES string of the molecule is COc1ccc(C(=O)[C@@H]2[C@H](C(=O)OC(c3ccccc3)c3ccccc3)N3c4ccccc4C=C[C@@H]3[C@@]23C(=O)Nc2ccccc23)cc1. The van der Waals surface area contributed by atoms with Crippen LogP contribution in [0.3, 0.4) is 0 Å². The molecule has 1 N–H and O–H groups in total. The van der Waals surface area contributed by atoms with Gasteiger partial charge < -0.3 is 19.7 Å². The minimum atomic E-state index is -1.43. The number of carbonyl (C=O) groups excluding carboxylic acids is 3. The first kappa shape index (κ1) is 29.5. The van der Waals surface area contributed by atoms with E-state index in [2.05, 4.69) is 5.32 Å². The van der Waals surface area contributed by atoms with Crippen molar-refractivity contribution in [2.75, 3.05) is 17.3 Å². The van der Waals surface area contributed by atoms with Crippen molar-refractivity contribution in [1.82, 2.24) is 0 Å². The summed E-state index contributed by atoms with van der Waals surface area (Å²) in [5.74, 6) is -1.80. The lowest BCUT2D eigenvalue weighted by atomic mass is 9.64. The van der Waals surface area contributed by atoms with Gasteiger partial charge in [0.1, 0.15) is 17.2 Å². The van der Waals surface area contributed by atoms with Crippen LogP contribution in [0.2, 0.25) is 0 Å². The normalized spacial score (nSPS) is 21.8. The van der Waals surface area contributed by atoms with E-state index < -0.39 is 35.5 Å². The maximum absolute atomic E-state index is 15.1. The molecule has 1 spiro atoms. The predicted molar refractivity (Wildman–Crippen MR) is 184 cm³/mol. The molecular formula is C41H32N2O5. The molecule has 3 heterocycles. The quantitative estimate of drug-likeness (QED) is 0.154. The minimum Gasteiger partial charge on any atom is -0.497 e. The molecule has 8 rings (SSSR count). The fourth-order valence-electron chi connectivity index (χ4n) is 7.80. The van der Waals surface area contributed by atoms with Gasteiger partial charge in [0.2, 0.25) is 5.91 Å². The number of esters is 1. The molecule has 0 aromatic heterocycles. The number of hydrogen-bond donors (Lipinski definition) is 1. The first-order valence-corrected chi connectivity index (χ1v) is 16.0. The van der Waals surface area contributed by atoms with Gasteiger partial charge in [-0.15, -0.1) is 0 Å². The highest BCUT2D eigenvalue weighted by Gasteiger charge is 2.71. The van der Waals surface area contributed by atoms with Gasteiger partial charge in [-0.2, -0.15) is 0 Å². The number of nitrogens with zero attached hydrogens (tertiary/aromatic N) is 1. The summed E-state index contributed by atoms with van der Waals surface area (Å²) in [6.07, 6.45) is 3.19. The van der Waals surface area contributed by atoms with Gasteiger partial charge in [0.25, 0.3) is 0 Å². The minimum absolute atomic E-state index is 0.326. The molecule has 48 heavy (non-hydrogen) atoms. The Morgan fingerprint density at radius 1 is 0.771 bits per heavy atom. The number of hydrogen-bond acceptors (Lipinski definition) is 6. The fourth-order valence-corrected chi connectivity index (χ4v) is 7.80. The summed E-state index contributed by atoms with van der Waals surface area (Å²) in [4.78, 5) is 46.7. The number of nitrogens with one attached hydrogen (secondary N) is 1. The third-order valence-corrected chi connectivity index (χ3v) is 9.88. The Morgan fingerprint density at radius 3 is 2.08 bits per heavy atom. The Balaban J connectivity index is 1.35. The van der Waals surface area contributed by atoms with Crippen molar-refractivity contribution in [2.45, 2.75) is 23.6 Å². The van der Waals surface area contributed by atoms with E-state index in [1.54, 1.807) is 31.4 Å². The Bertz CT molecular complexity index is 2020. The van der Waals surface area contributed by atoms with Gasteiger partial charge in [-0.3, -0.25) is 9.59 Å². The van der Waals surface area contributed by atoms with Crippen molar-refractivity contribution in [2.24, 2.45) is 5.92 Å². The predicted octanol–water partition coefficient (Wildman–Crippen LogP) is 7.00. The molecule has 5 aromatic carbocycles. The molecule has 4 atom stereocenters. The van der Waals surface area contributed by atoms with Crippen molar-refractivity contribution in [3.8, 4) is 5.75 Å². The maximum atomic E-state index is 15.1. The summed E-state index contributed by atoms with van der Waals surface area (Å²) in [6, 6.07) is 39.3. The molecule has 236 valence electrons. The van der Waals surface area contributed by atoms with Gasteiger partial charge in [0, 0.05) is 16.9 Å². The lowest BCUT2D eigenvalue weighted by molar-refractivity contribution is -0.150. The molecule has 0 aliphatic carbocycles. The Hall–Kier alpha value is -5.95. The van der Waals surface area contributed by atoms with Gasteiger partial charge in [-0.25, -0.2) is 4.79 Å². The number of carbonyl (C=O) groups is 3. The Morgan fingerprint density at radius 2 is 1.40 bits per heavy atom. The summed E-state index contributed by atoms with van der Waals surface area (Å²) in [7, 11) is 1.56. The zero-order valence-electron chi connectivity index (χ0n) is 26.2. The second-order valence-electron chi connectivity index (χ2n) is 12.3. The van der Waals surface area contributed by atoms with Crippen LogP contribution in [0.15, 0.2) is 140 Å². The Kier molecular flexibility index (Phi) is 7.17. The van der Waals surface area contributed by atoms with E-state index in [1.165, 1.54) is 0 Å². The van der Waals surface area contributed by atoms with Crippen LogP contribution in [0.4, 0.5) is 11.4 Å².